The Morgan fingerprint density at radius 3 is 2.83 bits per heavy atom. The Balaban J connectivity index is 1.72. The van der Waals surface area contributed by atoms with Gasteiger partial charge in [-0.25, -0.2) is 4.98 Å². The molecule has 2 atom stereocenters. The van der Waals surface area contributed by atoms with Crippen LogP contribution in [0.3, 0.4) is 0 Å². The topological polar surface area (TPSA) is 49.5 Å². The second kappa shape index (κ2) is 7.04. The first kappa shape index (κ1) is 16.5. The highest BCUT2D eigenvalue weighted by atomic mass is 35.5. The van der Waals surface area contributed by atoms with Crippen LogP contribution in [0, 0.1) is 12.8 Å². The number of likely N-dealkylation sites (tertiary alicyclic amines) is 1. The minimum Gasteiger partial charge on any atom is -0.439 e. The van der Waals surface area contributed by atoms with E-state index in [0.29, 0.717) is 17.5 Å². The largest absolute Gasteiger partial charge is 0.439 e. The molecule has 0 radical (unpaired) electrons. The molecule has 124 valence electrons. The van der Waals surface area contributed by atoms with Crippen LogP contribution in [0.2, 0.25) is 5.02 Å². The van der Waals surface area contributed by atoms with Crippen LogP contribution in [0.5, 0.6) is 0 Å². The van der Waals surface area contributed by atoms with E-state index in [1.807, 2.05) is 38.1 Å². The summed E-state index contributed by atoms with van der Waals surface area (Å²) in [6.07, 6.45) is 1.95. The SMILES string of the molecule is Cc1nc(CN2CCCC(C(C)O)C2)oc1-c1ccc(Cl)cc1. The molecule has 0 bridgehead atoms. The highest BCUT2D eigenvalue weighted by Crippen LogP contribution is 2.27. The van der Waals surface area contributed by atoms with E-state index in [4.69, 9.17) is 16.0 Å². The predicted octanol–water partition coefficient (Wildman–Crippen LogP) is 3.90. The molecule has 2 aromatic rings. The van der Waals surface area contributed by atoms with Crippen molar-refractivity contribution in [3.63, 3.8) is 0 Å². The zero-order chi connectivity index (χ0) is 16.4. The van der Waals surface area contributed by atoms with Gasteiger partial charge in [-0.1, -0.05) is 11.6 Å². The number of aryl methyl sites for hydroxylation is 1. The molecule has 1 aliphatic heterocycles. The molecule has 0 saturated carbocycles. The van der Waals surface area contributed by atoms with E-state index in [9.17, 15) is 5.11 Å². The summed E-state index contributed by atoms with van der Waals surface area (Å²) in [5.74, 6) is 1.88. The van der Waals surface area contributed by atoms with Crippen LogP contribution < -0.4 is 0 Å². The number of aliphatic hydroxyl groups is 1. The fourth-order valence-electron chi connectivity index (χ4n) is 3.21. The average Bonchev–Trinajstić information content (AvgIpc) is 2.89. The minimum absolute atomic E-state index is 0.256. The van der Waals surface area contributed by atoms with Gasteiger partial charge in [0, 0.05) is 17.1 Å². The molecule has 1 aromatic heterocycles. The summed E-state index contributed by atoms with van der Waals surface area (Å²) in [6.45, 7) is 6.46. The first-order valence-corrected chi connectivity index (χ1v) is 8.53. The van der Waals surface area contributed by atoms with Crippen molar-refractivity contribution < 1.29 is 9.52 Å². The number of rotatable bonds is 4. The van der Waals surface area contributed by atoms with E-state index >= 15 is 0 Å². The van der Waals surface area contributed by atoms with E-state index in [2.05, 4.69) is 9.88 Å². The molecule has 0 aliphatic carbocycles. The molecule has 1 aromatic carbocycles. The Morgan fingerprint density at radius 1 is 1.39 bits per heavy atom. The van der Waals surface area contributed by atoms with E-state index < -0.39 is 0 Å². The van der Waals surface area contributed by atoms with Gasteiger partial charge in [-0.3, -0.25) is 4.90 Å². The molecule has 4 nitrogen and oxygen atoms in total. The standard InChI is InChI=1S/C18H23ClN2O2/c1-12-18(14-5-7-16(19)8-6-14)23-17(20-12)11-21-9-3-4-15(10-21)13(2)22/h5-8,13,15,22H,3-4,9-11H2,1-2H3. The molecular formula is C18H23ClN2O2. The quantitative estimate of drug-likeness (QED) is 0.921. The van der Waals surface area contributed by atoms with Crippen LogP contribution in [-0.4, -0.2) is 34.2 Å². The van der Waals surface area contributed by atoms with Gasteiger partial charge >= 0.3 is 0 Å². The number of hydrogen-bond donors (Lipinski definition) is 1. The highest BCUT2D eigenvalue weighted by molar-refractivity contribution is 6.30. The number of aromatic nitrogens is 1. The van der Waals surface area contributed by atoms with Crippen molar-refractivity contribution in [1.29, 1.82) is 0 Å². The van der Waals surface area contributed by atoms with Crippen LogP contribution in [-0.2, 0) is 6.54 Å². The zero-order valence-corrected chi connectivity index (χ0v) is 14.4. The van der Waals surface area contributed by atoms with E-state index in [1.165, 1.54) is 0 Å². The fraction of sp³-hybridized carbons (Fsp3) is 0.500. The average molecular weight is 335 g/mol. The summed E-state index contributed by atoms with van der Waals surface area (Å²) < 4.78 is 5.98. The number of oxazole rings is 1. The highest BCUT2D eigenvalue weighted by Gasteiger charge is 2.24. The molecular weight excluding hydrogens is 312 g/mol. The molecule has 2 heterocycles. The van der Waals surface area contributed by atoms with Gasteiger partial charge in [0.25, 0.3) is 0 Å². The maximum Gasteiger partial charge on any atom is 0.209 e. The zero-order valence-electron chi connectivity index (χ0n) is 13.6. The number of nitrogens with zero attached hydrogens (tertiary/aromatic N) is 2. The summed E-state index contributed by atoms with van der Waals surface area (Å²) >= 11 is 5.94. The lowest BCUT2D eigenvalue weighted by molar-refractivity contribution is 0.0566. The third kappa shape index (κ3) is 3.94. The van der Waals surface area contributed by atoms with Crippen LogP contribution in [0.4, 0.5) is 0 Å². The second-order valence-corrected chi connectivity index (χ2v) is 6.84. The molecule has 3 rings (SSSR count). The maximum absolute atomic E-state index is 9.80. The Bertz CT molecular complexity index is 652. The molecule has 2 unspecified atom stereocenters. The number of piperidine rings is 1. The van der Waals surface area contributed by atoms with Gasteiger partial charge in [0.15, 0.2) is 5.76 Å². The molecule has 23 heavy (non-hydrogen) atoms. The molecule has 0 spiro atoms. The second-order valence-electron chi connectivity index (χ2n) is 6.41. The first-order chi connectivity index (χ1) is 11.0. The summed E-state index contributed by atoms with van der Waals surface area (Å²) in [5, 5.41) is 10.5. The Labute approximate surface area is 142 Å². The number of benzene rings is 1. The van der Waals surface area contributed by atoms with Crippen LogP contribution in [0.25, 0.3) is 11.3 Å². The first-order valence-electron chi connectivity index (χ1n) is 8.15. The van der Waals surface area contributed by atoms with Gasteiger partial charge in [-0.15, -0.1) is 0 Å². The van der Waals surface area contributed by atoms with Crippen molar-refractivity contribution >= 4 is 11.6 Å². The van der Waals surface area contributed by atoms with Crippen LogP contribution in [0.1, 0.15) is 31.4 Å². The van der Waals surface area contributed by atoms with Crippen molar-refractivity contribution in [2.45, 2.75) is 39.3 Å². The molecule has 1 aliphatic rings. The van der Waals surface area contributed by atoms with E-state index in [-0.39, 0.29) is 6.10 Å². The van der Waals surface area contributed by atoms with Gasteiger partial charge < -0.3 is 9.52 Å². The Kier molecular flexibility index (Phi) is 5.05. The third-order valence-corrected chi connectivity index (χ3v) is 4.78. The fourth-order valence-corrected chi connectivity index (χ4v) is 3.33. The number of halogens is 1. The van der Waals surface area contributed by atoms with E-state index in [0.717, 1.165) is 48.8 Å². The maximum atomic E-state index is 9.80. The summed E-state index contributed by atoms with van der Waals surface area (Å²) in [4.78, 5) is 6.89. The van der Waals surface area contributed by atoms with Gasteiger partial charge in [-0.2, -0.15) is 0 Å². The predicted molar refractivity (Wildman–Crippen MR) is 91.4 cm³/mol. The van der Waals surface area contributed by atoms with Crippen molar-refractivity contribution in [1.82, 2.24) is 9.88 Å². The number of aliphatic hydroxyl groups excluding tert-OH is 1. The lowest BCUT2D eigenvalue weighted by atomic mass is 9.93. The van der Waals surface area contributed by atoms with Crippen molar-refractivity contribution in [2.75, 3.05) is 13.1 Å². The Hall–Kier alpha value is -1.36. The molecule has 5 heteroatoms. The van der Waals surface area contributed by atoms with Gasteiger partial charge in [0.1, 0.15) is 0 Å². The normalized spacial score (nSPS) is 20.6. The summed E-state index contributed by atoms with van der Waals surface area (Å²) in [5.41, 5.74) is 1.89. The van der Waals surface area contributed by atoms with Crippen molar-refractivity contribution in [2.24, 2.45) is 5.92 Å². The molecule has 1 fully saturated rings. The Morgan fingerprint density at radius 2 is 2.13 bits per heavy atom. The van der Waals surface area contributed by atoms with Crippen LogP contribution >= 0.6 is 11.6 Å². The number of hydrogen-bond acceptors (Lipinski definition) is 4. The smallest absolute Gasteiger partial charge is 0.209 e. The van der Waals surface area contributed by atoms with Gasteiger partial charge in [-0.05, 0) is 63.4 Å². The van der Waals surface area contributed by atoms with Crippen molar-refractivity contribution in [3.8, 4) is 11.3 Å². The summed E-state index contributed by atoms with van der Waals surface area (Å²) in [6, 6.07) is 7.61. The van der Waals surface area contributed by atoms with Crippen LogP contribution in [0.15, 0.2) is 28.7 Å². The van der Waals surface area contributed by atoms with Gasteiger partial charge in [0.2, 0.25) is 5.89 Å². The molecule has 0 amide bonds. The monoisotopic (exact) mass is 334 g/mol. The lowest BCUT2D eigenvalue weighted by Gasteiger charge is -2.33. The third-order valence-electron chi connectivity index (χ3n) is 4.53. The molecule has 1 saturated heterocycles. The summed E-state index contributed by atoms with van der Waals surface area (Å²) in [7, 11) is 0. The lowest BCUT2D eigenvalue weighted by Crippen LogP contribution is -2.39. The molecule has 1 N–H and O–H groups in total. The van der Waals surface area contributed by atoms with Crippen molar-refractivity contribution in [3.05, 3.63) is 40.9 Å². The van der Waals surface area contributed by atoms with E-state index in [1.54, 1.807) is 0 Å². The van der Waals surface area contributed by atoms with Gasteiger partial charge in [0.05, 0.1) is 18.3 Å². The minimum atomic E-state index is -0.256.